The maximum Gasteiger partial charge on any atom is 0.307 e. The maximum atomic E-state index is 11.5. The smallest absolute Gasteiger partial charge is 0.307 e. The predicted octanol–water partition coefficient (Wildman–Crippen LogP) is 0.990. The summed E-state index contributed by atoms with van der Waals surface area (Å²) in [5.41, 5.74) is 0.955. The third-order valence-electron chi connectivity index (χ3n) is 2.31. The molecule has 6 nitrogen and oxygen atoms in total. The van der Waals surface area contributed by atoms with Gasteiger partial charge >= 0.3 is 4.87 Å². The van der Waals surface area contributed by atoms with Crippen molar-refractivity contribution in [3.8, 4) is 0 Å². The number of hydrogen-bond donors (Lipinski definition) is 0. The molecule has 0 saturated carbocycles. The van der Waals surface area contributed by atoms with Gasteiger partial charge in [-0.2, -0.15) is 4.98 Å². The van der Waals surface area contributed by atoms with Gasteiger partial charge < -0.3 is 13.8 Å². The molecule has 2 aromatic heterocycles. The normalized spacial score (nSPS) is 10.9. The van der Waals surface area contributed by atoms with Crippen molar-refractivity contribution in [2.75, 3.05) is 7.11 Å². The fourth-order valence-electron chi connectivity index (χ4n) is 1.46. The lowest BCUT2D eigenvalue weighted by Crippen LogP contribution is -2.16. The van der Waals surface area contributed by atoms with Crippen molar-refractivity contribution in [3.63, 3.8) is 0 Å². The number of methoxy groups -OCH3 is 1. The Morgan fingerprint density at radius 1 is 1.59 bits per heavy atom. The van der Waals surface area contributed by atoms with Crippen LogP contribution in [0.5, 0.6) is 0 Å². The SMILES string of the molecule is COCc1noc(CCn2c(C)csc2=O)n1. The number of hydrogen-bond acceptors (Lipinski definition) is 6. The summed E-state index contributed by atoms with van der Waals surface area (Å²) >= 11 is 1.20. The van der Waals surface area contributed by atoms with Crippen molar-refractivity contribution in [3.05, 3.63) is 32.5 Å². The quantitative estimate of drug-likeness (QED) is 0.796. The Hall–Kier alpha value is -1.47. The topological polar surface area (TPSA) is 70.2 Å². The van der Waals surface area contributed by atoms with Gasteiger partial charge in [0.05, 0.1) is 0 Å². The van der Waals surface area contributed by atoms with Crippen LogP contribution in [0.4, 0.5) is 0 Å². The molecule has 0 unspecified atom stereocenters. The second-order valence-corrected chi connectivity index (χ2v) is 4.40. The van der Waals surface area contributed by atoms with E-state index in [1.54, 1.807) is 11.7 Å². The first kappa shape index (κ1) is 12.0. The molecule has 0 bridgehead atoms. The fourth-order valence-corrected chi connectivity index (χ4v) is 2.22. The minimum atomic E-state index is 0.0409. The molecule has 17 heavy (non-hydrogen) atoms. The third-order valence-corrected chi connectivity index (χ3v) is 3.19. The largest absolute Gasteiger partial charge is 0.377 e. The molecule has 0 fully saturated rings. The first-order chi connectivity index (χ1) is 8.20. The maximum absolute atomic E-state index is 11.5. The van der Waals surface area contributed by atoms with Gasteiger partial charge in [0.1, 0.15) is 6.61 Å². The molecular weight excluding hydrogens is 242 g/mol. The summed E-state index contributed by atoms with van der Waals surface area (Å²) in [4.78, 5) is 15.6. The van der Waals surface area contributed by atoms with E-state index < -0.39 is 0 Å². The van der Waals surface area contributed by atoms with E-state index in [2.05, 4.69) is 10.1 Å². The van der Waals surface area contributed by atoms with Gasteiger partial charge in [0.25, 0.3) is 0 Å². The van der Waals surface area contributed by atoms with Crippen LogP contribution in [0.25, 0.3) is 0 Å². The predicted molar refractivity (Wildman–Crippen MR) is 62.0 cm³/mol. The van der Waals surface area contributed by atoms with Gasteiger partial charge in [-0.3, -0.25) is 4.79 Å². The highest BCUT2D eigenvalue weighted by atomic mass is 32.1. The van der Waals surface area contributed by atoms with Crippen molar-refractivity contribution < 1.29 is 9.26 Å². The minimum absolute atomic E-state index is 0.0409. The van der Waals surface area contributed by atoms with Gasteiger partial charge in [-0.1, -0.05) is 16.5 Å². The van der Waals surface area contributed by atoms with Crippen LogP contribution < -0.4 is 4.87 Å². The van der Waals surface area contributed by atoms with Gasteiger partial charge in [0.15, 0.2) is 5.82 Å². The lowest BCUT2D eigenvalue weighted by molar-refractivity contribution is 0.174. The second kappa shape index (κ2) is 5.24. The number of aromatic nitrogens is 3. The molecule has 0 radical (unpaired) electrons. The van der Waals surface area contributed by atoms with E-state index >= 15 is 0 Å². The molecule has 0 aromatic carbocycles. The zero-order chi connectivity index (χ0) is 12.3. The Kier molecular flexibility index (Phi) is 3.70. The number of ether oxygens (including phenoxy) is 1. The summed E-state index contributed by atoms with van der Waals surface area (Å²) in [5, 5.41) is 5.59. The van der Waals surface area contributed by atoms with Gasteiger partial charge in [0, 0.05) is 31.1 Å². The van der Waals surface area contributed by atoms with Crippen LogP contribution in [0.3, 0.4) is 0 Å². The number of rotatable bonds is 5. The Labute approximate surface area is 102 Å². The molecule has 0 amide bonds. The summed E-state index contributed by atoms with van der Waals surface area (Å²) < 4.78 is 11.6. The molecule has 0 aliphatic heterocycles. The average molecular weight is 255 g/mol. The lowest BCUT2D eigenvalue weighted by Gasteiger charge is -2.00. The van der Waals surface area contributed by atoms with Crippen LogP contribution in [0.1, 0.15) is 17.4 Å². The minimum Gasteiger partial charge on any atom is -0.377 e. The molecule has 92 valence electrons. The van der Waals surface area contributed by atoms with E-state index in [0.717, 1.165) is 5.69 Å². The molecule has 0 atom stereocenters. The van der Waals surface area contributed by atoms with Crippen LogP contribution in [-0.4, -0.2) is 21.8 Å². The highest BCUT2D eigenvalue weighted by Crippen LogP contribution is 2.04. The van der Waals surface area contributed by atoms with Crippen LogP contribution in [0, 0.1) is 6.92 Å². The molecule has 0 aliphatic rings. The molecule has 0 N–H and O–H groups in total. The van der Waals surface area contributed by atoms with Crippen molar-refractivity contribution >= 4 is 11.3 Å². The van der Waals surface area contributed by atoms with Gasteiger partial charge in [0.2, 0.25) is 5.89 Å². The highest BCUT2D eigenvalue weighted by molar-refractivity contribution is 7.07. The zero-order valence-electron chi connectivity index (χ0n) is 9.67. The van der Waals surface area contributed by atoms with Crippen molar-refractivity contribution in [1.82, 2.24) is 14.7 Å². The van der Waals surface area contributed by atoms with Crippen LogP contribution in [0.15, 0.2) is 14.7 Å². The molecule has 7 heteroatoms. The molecule has 0 aliphatic carbocycles. The monoisotopic (exact) mass is 255 g/mol. The molecule has 0 saturated heterocycles. The molecule has 2 rings (SSSR count). The third kappa shape index (κ3) is 2.80. The van der Waals surface area contributed by atoms with Crippen molar-refractivity contribution in [1.29, 1.82) is 0 Å². The summed E-state index contributed by atoms with van der Waals surface area (Å²) in [6.45, 7) is 2.80. The van der Waals surface area contributed by atoms with Crippen molar-refractivity contribution in [2.45, 2.75) is 26.5 Å². The average Bonchev–Trinajstić information content (AvgIpc) is 2.86. The zero-order valence-corrected chi connectivity index (χ0v) is 10.5. The molecule has 2 heterocycles. The number of thiazole rings is 1. The Morgan fingerprint density at radius 2 is 2.41 bits per heavy atom. The summed E-state index contributed by atoms with van der Waals surface area (Å²) in [5.74, 6) is 1.05. The van der Waals surface area contributed by atoms with E-state index in [9.17, 15) is 4.79 Å². The van der Waals surface area contributed by atoms with E-state index in [-0.39, 0.29) is 4.87 Å². The van der Waals surface area contributed by atoms with Crippen LogP contribution in [0.2, 0.25) is 0 Å². The Bertz CT molecular complexity index is 543. The molecular formula is C10H13N3O3S. The molecule has 0 spiro atoms. The lowest BCUT2D eigenvalue weighted by atomic mass is 10.4. The summed E-state index contributed by atoms with van der Waals surface area (Å²) in [7, 11) is 1.57. The summed E-state index contributed by atoms with van der Waals surface area (Å²) in [6.07, 6.45) is 0.550. The molecule has 2 aromatic rings. The van der Waals surface area contributed by atoms with Crippen molar-refractivity contribution in [2.24, 2.45) is 0 Å². The Morgan fingerprint density at radius 3 is 3.06 bits per heavy atom. The van der Waals surface area contributed by atoms with E-state index in [1.807, 2.05) is 12.3 Å². The van der Waals surface area contributed by atoms with E-state index in [0.29, 0.717) is 31.3 Å². The van der Waals surface area contributed by atoms with Gasteiger partial charge in [-0.25, -0.2) is 0 Å². The number of aryl methyl sites for hydroxylation is 2. The van der Waals surface area contributed by atoms with Gasteiger partial charge in [-0.05, 0) is 6.92 Å². The van der Waals surface area contributed by atoms with Crippen LogP contribution >= 0.6 is 11.3 Å². The highest BCUT2D eigenvalue weighted by Gasteiger charge is 2.08. The fraction of sp³-hybridized carbons (Fsp3) is 0.500. The van der Waals surface area contributed by atoms with Gasteiger partial charge in [-0.15, -0.1) is 0 Å². The number of nitrogens with zero attached hydrogens (tertiary/aromatic N) is 3. The Balaban J connectivity index is 2.00. The first-order valence-electron chi connectivity index (χ1n) is 5.16. The van der Waals surface area contributed by atoms with Crippen LogP contribution in [-0.2, 0) is 24.3 Å². The standard InChI is InChI=1S/C10H13N3O3S/c1-7-6-17-10(14)13(7)4-3-9-11-8(5-15-2)12-16-9/h6H,3-5H2,1-2H3. The van der Waals surface area contributed by atoms with E-state index in [1.165, 1.54) is 11.3 Å². The first-order valence-corrected chi connectivity index (χ1v) is 6.04. The van der Waals surface area contributed by atoms with E-state index in [4.69, 9.17) is 9.26 Å². The summed E-state index contributed by atoms with van der Waals surface area (Å²) in [6, 6.07) is 0. The second-order valence-electron chi connectivity index (χ2n) is 3.58.